The molecule has 2 rings (SSSR count). The molecule has 42 heavy (non-hydrogen) atoms. The Morgan fingerprint density at radius 1 is 1.14 bits per heavy atom. The Labute approximate surface area is 247 Å². The molecular weight excluding hydrogens is 546 g/mol. The van der Waals surface area contributed by atoms with Gasteiger partial charge in [-0.15, -0.1) is 0 Å². The minimum atomic E-state index is -1.53. The summed E-state index contributed by atoms with van der Waals surface area (Å²) in [4.78, 5) is 15.6. The fourth-order valence-electron chi connectivity index (χ4n) is 4.67. The summed E-state index contributed by atoms with van der Waals surface area (Å²) in [6.07, 6.45) is 3.75. The van der Waals surface area contributed by atoms with Gasteiger partial charge < -0.3 is 49.5 Å². The average molecular weight is 594 g/mol. The number of methoxy groups -OCH3 is 2. The Kier molecular flexibility index (Phi) is 13.2. The van der Waals surface area contributed by atoms with Crippen LogP contribution in [0.25, 0.3) is 6.08 Å². The molecule has 1 fully saturated rings. The molecule has 0 saturated carbocycles. The summed E-state index contributed by atoms with van der Waals surface area (Å²) in [5, 5.41) is 51.0. The van der Waals surface area contributed by atoms with Crippen molar-refractivity contribution in [2.24, 2.45) is 5.92 Å². The van der Waals surface area contributed by atoms with Crippen LogP contribution >= 0.6 is 0 Å². The standard InChI is InChI=1S/C31H47NO10/c1-9-18(3)27(42-30-26(37)25(36)24(35)22(16-33)41-30)19(4)15-17(2)11-10-13-31(6,38)14-12-21-20(5)23(34)28(39-7)29(32-21)40-8/h9-12,14-15,19,22,24-27,30,33,35-38H,13,16H2,1-8H3,(H,32,34)/t19-,22+,24-,25+,26-,27-,30+,31+/m0/s1. The smallest absolute Gasteiger partial charge is 0.238 e. The maximum atomic E-state index is 12.6. The first-order valence-electron chi connectivity index (χ1n) is 13.9. The summed E-state index contributed by atoms with van der Waals surface area (Å²) in [5.74, 6) is 0.0939. The molecule has 0 aliphatic carbocycles. The molecule has 2 heterocycles. The number of aliphatic hydroxyl groups is 5. The van der Waals surface area contributed by atoms with Crippen LogP contribution in [0.3, 0.4) is 0 Å². The topological polar surface area (TPSA) is 171 Å². The van der Waals surface area contributed by atoms with Crippen LogP contribution in [0.4, 0.5) is 0 Å². The summed E-state index contributed by atoms with van der Waals surface area (Å²) in [5.41, 5.74) is 1.17. The molecule has 236 valence electrons. The zero-order chi connectivity index (χ0) is 31.8. The second-order valence-electron chi connectivity index (χ2n) is 10.9. The highest BCUT2D eigenvalue weighted by atomic mass is 16.7. The number of aromatic nitrogens is 1. The number of hydrogen-bond acceptors (Lipinski definition) is 10. The lowest BCUT2D eigenvalue weighted by Gasteiger charge is -2.41. The van der Waals surface area contributed by atoms with Gasteiger partial charge in [0.15, 0.2) is 6.29 Å². The molecule has 1 aromatic rings. The lowest BCUT2D eigenvalue weighted by molar-refractivity contribution is -0.310. The largest absolute Gasteiger partial charge is 0.488 e. The Balaban J connectivity index is 2.14. The van der Waals surface area contributed by atoms with Crippen molar-refractivity contribution < 1.29 is 44.5 Å². The summed E-state index contributed by atoms with van der Waals surface area (Å²) >= 11 is 0. The minimum absolute atomic E-state index is 0.0868. The molecule has 0 radical (unpaired) electrons. The number of allylic oxidation sites excluding steroid dienone is 3. The van der Waals surface area contributed by atoms with E-state index in [0.29, 0.717) is 11.3 Å². The lowest BCUT2D eigenvalue weighted by atomic mass is 9.94. The van der Waals surface area contributed by atoms with Gasteiger partial charge in [0.05, 0.1) is 32.5 Å². The Morgan fingerprint density at radius 2 is 1.81 bits per heavy atom. The van der Waals surface area contributed by atoms with Crippen molar-refractivity contribution in [3.8, 4) is 11.6 Å². The first-order valence-corrected chi connectivity index (χ1v) is 13.9. The van der Waals surface area contributed by atoms with Gasteiger partial charge in [-0.05, 0) is 52.7 Å². The lowest BCUT2D eigenvalue weighted by Crippen LogP contribution is -2.60. The summed E-state index contributed by atoms with van der Waals surface area (Å²) in [6.45, 7) is 10.4. The quantitative estimate of drug-likeness (QED) is 0.147. The zero-order valence-corrected chi connectivity index (χ0v) is 25.7. The highest BCUT2D eigenvalue weighted by Gasteiger charge is 2.45. The van der Waals surface area contributed by atoms with Crippen molar-refractivity contribution in [1.29, 1.82) is 0 Å². The molecule has 0 bridgehead atoms. The SMILES string of the molecule is CC=C(C)[C@H](O[C@H]1O[C@H](CO)[C@H](O)[C@@H](O)[C@@H]1O)[C@@H](C)C=C(C)C=CC[C@@](C)(O)C=Cc1[nH]c(OC)c(OC)c(=O)c1C. The monoisotopic (exact) mass is 593 g/mol. The van der Waals surface area contributed by atoms with Crippen LogP contribution in [0.1, 0.15) is 52.3 Å². The number of H-pyrrole nitrogens is 1. The van der Waals surface area contributed by atoms with E-state index in [-0.39, 0.29) is 29.4 Å². The summed E-state index contributed by atoms with van der Waals surface area (Å²) in [7, 11) is 2.82. The van der Waals surface area contributed by atoms with E-state index in [9.17, 15) is 30.3 Å². The predicted octanol–water partition coefficient (Wildman–Crippen LogP) is 2.14. The molecule has 6 N–H and O–H groups in total. The molecule has 0 unspecified atom stereocenters. The molecule has 0 aromatic carbocycles. The van der Waals surface area contributed by atoms with E-state index in [2.05, 4.69) is 4.98 Å². The highest BCUT2D eigenvalue weighted by molar-refractivity contribution is 5.54. The number of rotatable bonds is 13. The molecule has 11 nitrogen and oxygen atoms in total. The van der Waals surface area contributed by atoms with Gasteiger partial charge in [0.25, 0.3) is 0 Å². The van der Waals surface area contributed by atoms with Crippen LogP contribution in [0.2, 0.25) is 0 Å². The molecule has 0 spiro atoms. The van der Waals surface area contributed by atoms with Crippen molar-refractivity contribution in [3.05, 3.63) is 63.0 Å². The molecule has 0 amide bonds. The van der Waals surface area contributed by atoms with Gasteiger partial charge >= 0.3 is 0 Å². The molecule has 11 heteroatoms. The number of nitrogens with one attached hydrogen (secondary N) is 1. The number of aliphatic hydroxyl groups excluding tert-OH is 4. The van der Waals surface area contributed by atoms with E-state index in [0.717, 1.165) is 11.1 Å². The first kappa shape index (κ1) is 35.4. The van der Waals surface area contributed by atoms with E-state index < -0.39 is 49.0 Å². The van der Waals surface area contributed by atoms with Crippen molar-refractivity contribution in [2.45, 2.75) is 90.4 Å². The highest BCUT2D eigenvalue weighted by Crippen LogP contribution is 2.28. The molecule has 1 aliphatic rings. The van der Waals surface area contributed by atoms with Gasteiger partial charge in [-0.25, -0.2) is 0 Å². The van der Waals surface area contributed by atoms with Gasteiger partial charge in [-0.1, -0.05) is 42.9 Å². The Morgan fingerprint density at radius 3 is 2.38 bits per heavy atom. The van der Waals surface area contributed by atoms with E-state index in [4.69, 9.17) is 18.9 Å². The van der Waals surface area contributed by atoms with Crippen molar-refractivity contribution in [2.75, 3.05) is 20.8 Å². The number of hydrogen-bond donors (Lipinski definition) is 6. The second-order valence-corrected chi connectivity index (χ2v) is 10.9. The first-order chi connectivity index (χ1) is 19.7. The zero-order valence-electron chi connectivity index (χ0n) is 25.7. The molecule has 1 saturated heterocycles. The Hall–Kier alpha value is -2.77. The maximum absolute atomic E-state index is 12.6. The molecule has 1 aromatic heterocycles. The number of ether oxygens (including phenoxy) is 4. The summed E-state index contributed by atoms with van der Waals surface area (Å²) < 4.78 is 22.0. The van der Waals surface area contributed by atoms with Crippen molar-refractivity contribution in [1.82, 2.24) is 4.98 Å². The maximum Gasteiger partial charge on any atom is 0.238 e. The van der Waals surface area contributed by atoms with Crippen LogP contribution < -0.4 is 14.9 Å². The molecular formula is C31H47NO10. The second kappa shape index (κ2) is 15.6. The molecule has 8 atom stereocenters. The number of aromatic amines is 1. The van der Waals surface area contributed by atoms with Crippen LogP contribution in [0.5, 0.6) is 11.6 Å². The molecule has 1 aliphatic heterocycles. The van der Waals surface area contributed by atoms with Crippen LogP contribution in [0.15, 0.2) is 46.3 Å². The average Bonchev–Trinajstić information content (AvgIpc) is 2.95. The third-order valence-corrected chi connectivity index (χ3v) is 7.37. The fourth-order valence-corrected chi connectivity index (χ4v) is 4.67. The van der Waals surface area contributed by atoms with Gasteiger partial charge in [0.1, 0.15) is 24.4 Å². The van der Waals surface area contributed by atoms with E-state index in [1.165, 1.54) is 14.2 Å². The van der Waals surface area contributed by atoms with Crippen LogP contribution in [-0.2, 0) is 9.47 Å². The van der Waals surface area contributed by atoms with Crippen molar-refractivity contribution in [3.63, 3.8) is 0 Å². The normalized spacial score (nSPS) is 26.8. The van der Waals surface area contributed by atoms with Gasteiger partial charge in [-0.2, -0.15) is 0 Å². The summed E-state index contributed by atoms with van der Waals surface area (Å²) in [6, 6.07) is 0. The van der Waals surface area contributed by atoms with Gasteiger partial charge in [-0.3, -0.25) is 4.79 Å². The van der Waals surface area contributed by atoms with Gasteiger partial charge in [0.2, 0.25) is 17.1 Å². The van der Waals surface area contributed by atoms with Crippen molar-refractivity contribution >= 4 is 6.08 Å². The van der Waals surface area contributed by atoms with Crippen LogP contribution in [-0.4, -0.2) is 93.8 Å². The van der Waals surface area contributed by atoms with E-state index >= 15 is 0 Å². The Bertz CT molecular complexity index is 1210. The van der Waals surface area contributed by atoms with Gasteiger partial charge in [0, 0.05) is 17.2 Å². The number of pyridine rings is 1. The fraction of sp³-hybridized carbons (Fsp3) is 0.581. The van der Waals surface area contributed by atoms with E-state index in [1.54, 1.807) is 26.0 Å². The predicted molar refractivity (Wildman–Crippen MR) is 159 cm³/mol. The third-order valence-electron chi connectivity index (χ3n) is 7.37. The van der Waals surface area contributed by atoms with E-state index in [1.807, 2.05) is 52.0 Å². The third kappa shape index (κ3) is 8.87. The van der Waals surface area contributed by atoms with Crippen LogP contribution in [0, 0.1) is 12.8 Å². The minimum Gasteiger partial charge on any atom is -0.488 e.